The maximum Gasteiger partial charge on any atom is 0.344 e. The average Bonchev–Trinajstić information content (AvgIpc) is 2.97. The molecule has 0 aliphatic rings. The molecule has 0 aromatic carbocycles. The van der Waals surface area contributed by atoms with Crippen LogP contribution >= 0.6 is 0 Å². The van der Waals surface area contributed by atoms with Gasteiger partial charge in [-0.1, -0.05) is 0 Å². The zero-order chi connectivity index (χ0) is 14.5. The van der Waals surface area contributed by atoms with Crippen LogP contribution in [0.1, 0.15) is 21.7 Å². The van der Waals surface area contributed by atoms with Gasteiger partial charge in [0.15, 0.2) is 5.88 Å². The summed E-state index contributed by atoms with van der Waals surface area (Å²) in [5.41, 5.74) is 0.648. The molecule has 0 unspecified atom stereocenters. The molecule has 0 bridgehead atoms. The molecule has 20 heavy (non-hydrogen) atoms. The highest BCUT2D eigenvalue weighted by molar-refractivity contribution is 5.93. The molecule has 0 atom stereocenters. The highest BCUT2D eigenvalue weighted by Crippen LogP contribution is 2.13. The first kappa shape index (κ1) is 13.7. The summed E-state index contributed by atoms with van der Waals surface area (Å²) in [7, 11) is 2.66. The number of ether oxygens (including phenoxy) is 2. The van der Waals surface area contributed by atoms with Crippen molar-refractivity contribution >= 4 is 18.1 Å². The normalized spacial score (nSPS) is 10.7. The minimum atomic E-state index is -0.694. The number of H-pyrrole nitrogens is 2. The Morgan fingerprint density at radius 2 is 2.10 bits per heavy atom. The van der Waals surface area contributed by atoms with Crippen LogP contribution in [0, 0.1) is 0 Å². The van der Waals surface area contributed by atoms with Crippen molar-refractivity contribution < 1.29 is 14.3 Å². The quantitative estimate of drug-likeness (QED) is 0.831. The van der Waals surface area contributed by atoms with Gasteiger partial charge < -0.3 is 19.4 Å². The maximum atomic E-state index is 11.9. The monoisotopic (exact) mass is 274 g/mol. The first-order valence-corrected chi connectivity index (χ1v) is 5.87. The van der Waals surface area contributed by atoms with Gasteiger partial charge in [0.05, 0.1) is 19.9 Å². The number of esters is 1. The van der Waals surface area contributed by atoms with E-state index in [1.54, 1.807) is 18.3 Å². The molecular formula is C14H14N2O4. The van der Waals surface area contributed by atoms with Crippen molar-refractivity contribution in [2.75, 3.05) is 14.2 Å². The van der Waals surface area contributed by atoms with Crippen LogP contribution in [0.3, 0.4) is 0 Å². The Bertz CT molecular complexity index is 684. The number of carbonyl (C=O) groups excluding carboxylic acids is 1. The Kier molecular flexibility index (Phi) is 4.05. The SMILES string of the molecule is COC(=O)c1c(/C=C\c2ccc[nH]2)[nH]c(OC)cc1=O. The molecule has 2 heterocycles. The third-order valence-corrected chi connectivity index (χ3v) is 2.70. The zero-order valence-corrected chi connectivity index (χ0v) is 11.1. The number of carbonyl (C=O) groups is 1. The van der Waals surface area contributed by atoms with Crippen LogP contribution in [0.4, 0.5) is 0 Å². The lowest BCUT2D eigenvalue weighted by molar-refractivity contribution is 0.0598. The van der Waals surface area contributed by atoms with Crippen molar-refractivity contribution in [3.05, 3.63) is 51.6 Å². The molecule has 0 aliphatic carbocycles. The van der Waals surface area contributed by atoms with E-state index in [9.17, 15) is 9.59 Å². The number of nitrogens with one attached hydrogen (secondary N) is 2. The van der Waals surface area contributed by atoms with Gasteiger partial charge in [-0.25, -0.2) is 4.79 Å². The van der Waals surface area contributed by atoms with E-state index >= 15 is 0 Å². The lowest BCUT2D eigenvalue weighted by Crippen LogP contribution is -2.19. The molecule has 0 radical (unpaired) electrons. The molecule has 0 aliphatic heterocycles. The molecule has 2 N–H and O–H groups in total. The second kappa shape index (κ2) is 5.92. The van der Waals surface area contributed by atoms with Crippen molar-refractivity contribution in [3.63, 3.8) is 0 Å². The van der Waals surface area contributed by atoms with Crippen molar-refractivity contribution in [2.45, 2.75) is 0 Å². The molecule has 6 heteroatoms. The predicted octanol–water partition coefficient (Wildman–Crippen LogP) is 1.67. The standard InChI is InChI=1S/C14H14N2O4/c1-19-12-8-11(17)13(14(18)20-2)10(16-12)6-5-9-4-3-7-15-9/h3-8,15H,1-2H3,(H,16,17)/b6-5-. The van der Waals surface area contributed by atoms with Gasteiger partial charge in [0.1, 0.15) is 5.56 Å². The zero-order valence-electron chi connectivity index (χ0n) is 11.1. The van der Waals surface area contributed by atoms with Crippen LogP contribution in [0.15, 0.2) is 29.2 Å². The Hall–Kier alpha value is -2.76. The number of pyridine rings is 1. The van der Waals surface area contributed by atoms with Crippen molar-refractivity contribution in [1.82, 2.24) is 9.97 Å². The molecule has 0 fully saturated rings. The van der Waals surface area contributed by atoms with Crippen LogP contribution in [0.25, 0.3) is 12.2 Å². The summed E-state index contributed by atoms with van der Waals surface area (Å²) >= 11 is 0. The first-order valence-electron chi connectivity index (χ1n) is 5.87. The van der Waals surface area contributed by atoms with Gasteiger partial charge >= 0.3 is 5.97 Å². The second-order valence-electron chi connectivity index (χ2n) is 3.94. The summed E-state index contributed by atoms with van der Waals surface area (Å²) in [5, 5.41) is 0. The van der Waals surface area contributed by atoms with Gasteiger partial charge in [0.2, 0.25) is 5.43 Å². The van der Waals surface area contributed by atoms with E-state index in [-0.39, 0.29) is 11.4 Å². The third kappa shape index (κ3) is 2.80. The van der Waals surface area contributed by atoms with E-state index in [1.165, 1.54) is 20.3 Å². The summed E-state index contributed by atoms with van der Waals surface area (Å²) in [6.45, 7) is 0. The summed E-state index contributed by atoms with van der Waals surface area (Å²) in [6.07, 6.45) is 5.12. The smallest absolute Gasteiger partial charge is 0.344 e. The number of aromatic amines is 2. The highest BCUT2D eigenvalue weighted by atomic mass is 16.5. The fourth-order valence-corrected chi connectivity index (χ4v) is 1.72. The van der Waals surface area contributed by atoms with E-state index in [1.807, 2.05) is 12.1 Å². The molecule has 2 rings (SSSR count). The molecule has 6 nitrogen and oxygen atoms in total. The molecule has 2 aromatic rings. The Labute approximate surface area is 115 Å². The Morgan fingerprint density at radius 3 is 2.70 bits per heavy atom. The van der Waals surface area contributed by atoms with E-state index in [2.05, 4.69) is 14.7 Å². The van der Waals surface area contributed by atoms with Crippen molar-refractivity contribution in [2.24, 2.45) is 0 Å². The van der Waals surface area contributed by atoms with Crippen LogP contribution in [-0.4, -0.2) is 30.2 Å². The largest absolute Gasteiger partial charge is 0.482 e. The van der Waals surface area contributed by atoms with Gasteiger partial charge in [-0.05, 0) is 24.3 Å². The molecule has 104 valence electrons. The summed E-state index contributed by atoms with van der Waals surface area (Å²) in [4.78, 5) is 29.5. The van der Waals surface area contributed by atoms with Crippen LogP contribution in [-0.2, 0) is 4.74 Å². The number of hydrogen-bond acceptors (Lipinski definition) is 4. The number of aromatic nitrogens is 2. The first-order chi connectivity index (χ1) is 9.65. The lowest BCUT2D eigenvalue weighted by Gasteiger charge is -2.06. The minimum Gasteiger partial charge on any atom is -0.482 e. The summed E-state index contributed by atoms with van der Waals surface area (Å²) in [5.74, 6) is -0.422. The van der Waals surface area contributed by atoms with Gasteiger partial charge in [0.25, 0.3) is 0 Å². The fourth-order valence-electron chi connectivity index (χ4n) is 1.72. The van der Waals surface area contributed by atoms with Crippen LogP contribution in [0.2, 0.25) is 0 Å². The van der Waals surface area contributed by atoms with Gasteiger partial charge in [-0.2, -0.15) is 0 Å². The summed E-state index contributed by atoms with van der Waals surface area (Å²) in [6, 6.07) is 4.90. The lowest BCUT2D eigenvalue weighted by atomic mass is 10.1. The van der Waals surface area contributed by atoms with Crippen LogP contribution < -0.4 is 10.2 Å². The predicted molar refractivity (Wildman–Crippen MR) is 74.7 cm³/mol. The third-order valence-electron chi connectivity index (χ3n) is 2.70. The highest BCUT2D eigenvalue weighted by Gasteiger charge is 2.16. The van der Waals surface area contributed by atoms with E-state index in [4.69, 9.17) is 4.74 Å². The van der Waals surface area contributed by atoms with Gasteiger partial charge in [-0.3, -0.25) is 4.79 Å². The fraction of sp³-hybridized carbons (Fsp3) is 0.143. The van der Waals surface area contributed by atoms with E-state index < -0.39 is 11.4 Å². The topological polar surface area (TPSA) is 84.2 Å². The Morgan fingerprint density at radius 1 is 1.30 bits per heavy atom. The minimum absolute atomic E-state index is 0.0592. The summed E-state index contributed by atoms with van der Waals surface area (Å²) < 4.78 is 9.62. The van der Waals surface area contributed by atoms with Crippen molar-refractivity contribution in [1.29, 1.82) is 0 Å². The van der Waals surface area contributed by atoms with E-state index in [0.717, 1.165) is 5.69 Å². The molecule has 0 saturated carbocycles. The van der Waals surface area contributed by atoms with E-state index in [0.29, 0.717) is 5.69 Å². The Balaban J connectivity index is 2.51. The van der Waals surface area contributed by atoms with Crippen LogP contribution in [0.5, 0.6) is 5.88 Å². The van der Waals surface area contributed by atoms with Gasteiger partial charge in [0, 0.05) is 18.0 Å². The molecule has 0 saturated heterocycles. The number of hydrogen-bond donors (Lipinski definition) is 2. The molecule has 0 amide bonds. The number of methoxy groups -OCH3 is 2. The molecule has 0 spiro atoms. The van der Waals surface area contributed by atoms with Crippen molar-refractivity contribution in [3.8, 4) is 5.88 Å². The molecular weight excluding hydrogens is 260 g/mol. The number of rotatable bonds is 4. The maximum absolute atomic E-state index is 11.9. The second-order valence-corrected chi connectivity index (χ2v) is 3.94. The van der Waals surface area contributed by atoms with Gasteiger partial charge in [-0.15, -0.1) is 0 Å². The average molecular weight is 274 g/mol. The molecule has 2 aromatic heterocycles.